The average Bonchev–Trinajstić information content (AvgIpc) is 2.68. The first-order valence-electron chi connectivity index (χ1n) is 10.2. The summed E-state index contributed by atoms with van der Waals surface area (Å²) in [4.78, 5) is 32.1. The van der Waals surface area contributed by atoms with Crippen molar-refractivity contribution in [2.45, 2.75) is 52.1 Å². The van der Waals surface area contributed by atoms with E-state index in [4.69, 9.17) is 0 Å². The maximum absolute atomic E-state index is 12.0. The van der Waals surface area contributed by atoms with Crippen LogP contribution in [0.2, 0.25) is 0 Å². The number of nitrogens with one attached hydrogen (secondary N) is 2. The fourth-order valence-electron chi connectivity index (χ4n) is 4.00. The molecular formula is C22H30N5O3+. The number of carbonyl (C=O) groups excluding carboxylic acids is 1. The zero-order valence-electron chi connectivity index (χ0n) is 18.0. The van der Waals surface area contributed by atoms with Crippen molar-refractivity contribution in [1.82, 2.24) is 9.97 Å². The summed E-state index contributed by atoms with van der Waals surface area (Å²) in [6.45, 7) is 8.57. The van der Waals surface area contributed by atoms with Crippen LogP contribution in [-0.4, -0.2) is 56.2 Å². The first-order valence-corrected chi connectivity index (χ1v) is 10.2. The lowest BCUT2D eigenvalue weighted by Gasteiger charge is -2.47. The molecule has 1 saturated heterocycles. The second-order valence-electron chi connectivity index (χ2n) is 8.81. The van der Waals surface area contributed by atoms with Crippen LogP contribution in [0.15, 0.2) is 36.5 Å². The number of anilines is 2. The first-order chi connectivity index (χ1) is 14.1. The molecule has 160 valence electrons. The minimum atomic E-state index is -0.762. The van der Waals surface area contributed by atoms with E-state index in [9.17, 15) is 14.7 Å². The van der Waals surface area contributed by atoms with E-state index in [1.165, 1.54) is 6.92 Å². The Kier molecular flexibility index (Phi) is 6.07. The molecule has 2 aromatic rings. The minimum absolute atomic E-state index is 0.0761. The Balaban J connectivity index is 1.68. The summed E-state index contributed by atoms with van der Waals surface area (Å²) >= 11 is 0. The van der Waals surface area contributed by atoms with E-state index in [0.29, 0.717) is 19.0 Å². The van der Waals surface area contributed by atoms with Gasteiger partial charge in [-0.1, -0.05) is 12.1 Å². The number of hydrogen-bond acceptors (Lipinski definition) is 5. The van der Waals surface area contributed by atoms with E-state index in [-0.39, 0.29) is 22.0 Å². The van der Waals surface area contributed by atoms with Gasteiger partial charge in [0.2, 0.25) is 11.9 Å². The Morgan fingerprint density at radius 2 is 1.73 bits per heavy atom. The second-order valence-corrected chi connectivity index (χ2v) is 8.81. The van der Waals surface area contributed by atoms with E-state index in [1.807, 2.05) is 51.1 Å². The summed E-state index contributed by atoms with van der Waals surface area (Å²) in [6, 6.07) is 9.45. The van der Waals surface area contributed by atoms with Crippen molar-refractivity contribution in [1.29, 1.82) is 0 Å². The molecule has 0 spiro atoms. The average molecular weight is 413 g/mol. The third-order valence-electron chi connectivity index (χ3n) is 5.86. The molecule has 1 aliphatic rings. The lowest BCUT2D eigenvalue weighted by Crippen LogP contribution is -2.67. The van der Waals surface area contributed by atoms with E-state index in [2.05, 4.69) is 20.6 Å². The first kappa shape index (κ1) is 21.7. The number of carboxylic acid groups (broad SMARTS) is 1. The van der Waals surface area contributed by atoms with Crippen LogP contribution < -0.4 is 10.6 Å². The van der Waals surface area contributed by atoms with Gasteiger partial charge >= 0.3 is 6.09 Å². The Hall–Kier alpha value is -3.00. The maximum atomic E-state index is 12.0. The Morgan fingerprint density at radius 3 is 2.27 bits per heavy atom. The van der Waals surface area contributed by atoms with Crippen molar-refractivity contribution in [3.8, 4) is 11.3 Å². The van der Waals surface area contributed by atoms with Gasteiger partial charge in [0.25, 0.3) is 0 Å². The van der Waals surface area contributed by atoms with Crippen LogP contribution in [0.3, 0.4) is 0 Å². The maximum Gasteiger partial charge on any atom is 0.513 e. The Morgan fingerprint density at radius 1 is 1.10 bits per heavy atom. The van der Waals surface area contributed by atoms with E-state index in [0.717, 1.165) is 29.8 Å². The monoisotopic (exact) mass is 412 g/mol. The number of amides is 2. The van der Waals surface area contributed by atoms with Gasteiger partial charge in [0.15, 0.2) is 0 Å². The Bertz CT molecular complexity index is 913. The predicted molar refractivity (Wildman–Crippen MR) is 116 cm³/mol. The second kappa shape index (κ2) is 8.39. The highest BCUT2D eigenvalue weighted by atomic mass is 16.4. The molecule has 0 aliphatic carbocycles. The fraction of sp³-hybridized carbons (Fsp3) is 0.455. The molecule has 1 aromatic carbocycles. The van der Waals surface area contributed by atoms with Crippen molar-refractivity contribution < 1.29 is 19.2 Å². The van der Waals surface area contributed by atoms with Crippen LogP contribution in [0.5, 0.6) is 0 Å². The van der Waals surface area contributed by atoms with E-state index >= 15 is 0 Å². The number of piperidine rings is 1. The normalized spacial score (nSPS) is 21.7. The zero-order valence-corrected chi connectivity index (χ0v) is 18.0. The standard InChI is InChI=1S/C22H29N5O3/c1-15(28)24-17-7-5-16(6-8-17)19-9-12-23-20(26-19)25-18-10-13-27(14-11-18,21(29)30)22(2,3)4/h5-9,12,18H,10-11,13-14H2,1-4H3,(H2-,23,24,25,26,28,29,30)/p+1. The Labute approximate surface area is 176 Å². The van der Waals surface area contributed by atoms with Gasteiger partial charge in [-0.15, -0.1) is 0 Å². The largest absolute Gasteiger partial charge is 0.513 e. The lowest BCUT2D eigenvalue weighted by molar-refractivity contribution is -0.907. The summed E-state index contributed by atoms with van der Waals surface area (Å²) in [7, 11) is 0. The summed E-state index contributed by atoms with van der Waals surface area (Å²) in [5.74, 6) is 0.426. The molecule has 3 rings (SSSR count). The molecule has 2 heterocycles. The van der Waals surface area contributed by atoms with Crippen molar-refractivity contribution >= 4 is 23.6 Å². The smallest absolute Gasteiger partial charge is 0.435 e. The number of aromatic nitrogens is 2. The number of nitrogens with zero attached hydrogens (tertiary/aromatic N) is 3. The highest BCUT2D eigenvalue weighted by molar-refractivity contribution is 5.88. The summed E-state index contributed by atoms with van der Waals surface area (Å²) in [6.07, 6.45) is 2.43. The molecule has 0 atom stereocenters. The van der Waals surface area contributed by atoms with Crippen molar-refractivity contribution in [3.05, 3.63) is 36.5 Å². The number of quaternary nitrogens is 1. The molecule has 0 unspecified atom stereocenters. The van der Waals surface area contributed by atoms with Crippen LogP contribution in [0.1, 0.15) is 40.5 Å². The molecule has 30 heavy (non-hydrogen) atoms. The van der Waals surface area contributed by atoms with Crippen LogP contribution >= 0.6 is 0 Å². The predicted octanol–water partition coefficient (Wildman–Crippen LogP) is 3.97. The molecule has 0 radical (unpaired) electrons. The van der Waals surface area contributed by atoms with Crippen molar-refractivity contribution in [2.24, 2.45) is 0 Å². The molecule has 3 N–H and O–H groups in total. The van der Waals surface area contributed by atoms with E-state index < -0.39 is 6.09 Å². The van der Waals surface area contributed by atoms with Gasteiger partial charge in [-0.25, -0.2) is 14.5 Å². The van der Waals surface area contributed by atoms with Gasteiger partial charge in [0, 0.05) is 43.3 Å². The van der Waals surface area contributed by atoms with Crippen LogP contribution in [-0.2, 0) is 4.79 Å². The van der Waals surface area contributed by atoms with Crippen molar-refractivity contribution in [3.63, 3.8) is 0 Å². The molecule has 1 fully saturated rings. The van der Waals surface area contributed by atoms with Gasteiger partial charge in [-0.05, 0) is 39.0 Å². The van der Waals surface area contributed by atoms with Crippen LogP contribution in [0, 0.1) is 0 Å². The molecule has 8 heteroatoms. The molecular weight excluding hydrogens is 382 g/mol. The summed E-state index contributed by atoms with van der Waals surface area (Å²) in [5.41, 5.74) is 2.09. The third kappa shape index (κ3) is 4.59. The summed E-state index contributed by atoms with van der Waals surface area (Å²) in [5, 5.41) is 16.0. The quantitative estimate of drug-likeness (QED) is 0.657. The molecule has 1 aromatic heterocycles. The van der Waals surface area contributed by atoms with Gasteiger partial charge in [0.05, 0.1) is 18.8 Å². The van der Waals surface area contributed by atoms with Gasteiger partial charge < -0.3 is 15.7 Å². The highest BCUT2D eigenvalue weighted by Gasteiger charge is 2.50. The third-order valence-corrected chi connectivity index (χ3v) is 5.86. The highest BCUT2D eigenvalue weighted by Crippen LogP contribution is 2.31. The topological polar surface area (TPSA) is 104 Å². The number of likely N-dealkylation sites (tertiary alicyclic amines) is 1. The minimum Gasteiger partial charge on any atom is -0.435 e. The molecule has 0 bridgehead atoms. The zero-order chi connectivity index (χ0) is 21.9. The number of benzene rings is 1. The molecule has 2 amide bonds. The molecule has 1 aliphatic heterocycles. The van der Waals surface area contributed by atoms with Gasteiger partial charge in [0.1, 0.15) is 5.54 Å². The van der Waals surface area contributed by atoms with Crippen LogP contribution in [0.25, 0.3) is 11.3 Å². The van der Waals surface area contributed by atoms with E-state index in [1.54, 1.807) is 6.20 Å². The van der Waals surface area contributed by atoms with Gasteiger partial charge in [-0.3, -0.25) is 4.79 Å². The number of carbonyl (C=O) groups is 2. The van der Waals surface area contributed by atoms with Crippen molar-refractivity contribution in [2.75, 3.05) is 23.7 Å². The lowest BCUT2D eigenvalue weighted by atomic mass is 9.94. The fourth-order valence-corrected chi connectivity index (χ4v) is 4.00. The van der Waals surface area contributed by atoms with Crippen LogP contribution in [0.4, 0.5) is 16.4 Å². The summed E-state index contributed by atoms with van der Waals surface area (Å²) < 4.78 is 0.0761. The van der Waals surface area contributed by atoms with Gasteiger partial charge in [-0.2, -0.15) is 4.79 Å². The molecule has 8 nitrogen and oxygen atoms in total. The number of hydrogen-bond donors (Lipinski definition) is 3. The molecule has 0 saturated carbocycles. The number of rotatable bonds is 4. The SMILES string of the molecule is CC(=O)Nc1ccc(-c2ccnc(NC3CC[N+](C(=O)O)(C(C)(C)C)CC3)n2)cc1.